The summed E-state index contributed by atoms with van der Waals surface area (Å²) in [5.41, 5.74) is 3.78. The van der Waals surface area contributed by atoms with Crippen LogP contribution in [-0.4, -0.2) is 12.1 Å². The summed E-state index contributed by atoms with van der Waals surface area (Å²) in [7, 11) is 1.58. The maximum absolute atomic E-state index is 12.9. The average Bonchev–Trinajstić information content (AvgIpc) is 3.06. The highest BCUT2D eigenvalue weighted by atomic mass is 19.4. The standard InChI is InChI=1S/C19H15F3N2O/c1-25-13-6-7-16-14(8-13)18(15-9-23-10-17(15)24-16)11-2-4-12(5-3-11)19(20,21)22/h2-8,23H,9-10H2,1H3. The van der Waals surface area contributed by atoms with Gasteiger partial charge in [-0.05, 0) is 47.0 Å². The van der Waals surface area contributed by atoms with Crippen LogP contribution in [0.4, 0.5) is 13.2 Å². The van der Waals surface area contributed by atoms with Gasteiger partial charge in [-0.25, -0.2) is 0 Å². The molecule has 0 radical (unpaired) electrons. The van der Waals surface area contributed by atoms with Gasteiger partial charge < -0.3 is 10.1 Å². The largest absolute Gasteiger partial charge is 0.497 e. The molecule has 0 amide bonds. The molecule has 0 saturated carbocycles. The molecule has 1 N–H and O–H groups in total. The monoisotopic (exact) mass is 344 g/mol. The Morgan fingerprint density at radius 1 is 1.04 bits per heavy atom. The molecule has 0 aliphatic carbocycles. The van der Waals surface area contributed by atoms with Crippen molar-refractivity contribution in [2.24, 2.45) is 0 Å². The first-order valence-electron chi connectivity index (χ1n) is 7.85. The molecule has 1 aromatic heterocycles. The van der Waals surface area contributed by atoms with Crippen molar-refractivity contribution in [1.82, 2.24) is 10.3 Å². The van der Waals surface area contributed by atoms with Gasteiger partial charge in [0.25, 0.3) is 0 Å². The summed E-state index contributed by atoms with van der Waals surface area (Å²) in [6.45, 7) is 1.30. The molecule has 3 aromatic rings. The van der Waals surface area contributed by atoms with Gasteiger partial charge in [0.1, 0.15) is 5.75 Å². The number of hydrogen-bond acceptors (Lipinski definition) is 3. The Balaban J connectivity index is 1.96. The number of fused-ring (bicyclic) bond motifs is 2. The van der Waals surface area contributed by atoms with Gasteiger partial charge >= 0.3 is 6.18 Å². The fourth-order valence-corrected chi connectivity index (χ4v) is 3.26. The van der Waals surface area contributed by atoms with Crippen LogP contribution in [0.15, 0.2) is 42.5 Å². The Bertz CT molecular complexity index is 950. The molecular weight excluding hydrogens is 329 g/mol. The molecule has 0 fully saturated rings. The van der Waals surface area contributed by atoms with Crippen LogP contribution in [-0.2, 0) is 19.3 Å². The molecule has 3 nitrogen and oxygen atoms in total. The number of alkyl halides is 3. The zero-order valence-electron chi connectivity index (χ0n) is 13.4. The quantitative estimate of drug-likeness (QED) is 0.741. The molecule has 0 unspecified atom stereocenters. The van der Waals surface area contributed by atoms with E-state index in [1.54, 1.807) is 7.11 Å². The highest BCUT2D eigenvalue weighted by Crippen LogP contribution is 2.38. The number of halogens is 3. The van der Waals surface area contributed by atoms with E-state index in [-0.39, 0.29) is 0 Å². The topological polar surface area (TPSA) is 34.1 Å². The van der Waals surface area contributed by atoms with Gasteiger partial charge in [-0.3, -0.25) is 4.98 Å². The predicted octanol–water partition coefficient (Wildman–Crippen LogP) is 4.53. The third kappa shape index (κ3) is 2.72. The van der Waals surface area contributed by atoms with Gasteiger partial charge in [0.15, 0.2) is 0 Å². The lowest BCUT2D eigenvalue weighted by molar-refractivity contribution is -0.137. The molecular formula is C19H15F3N2O. The number of nitrogens with one attached hydrogen (secondary N) is 1. The summed E-state index contributed by atoms with van der Waals surface area (Å²) in [6, 6.07) is 10.9. The Morgan fingerprint density at radius 3 is 2.48 bits per heavy atom. The van der Waals surface area contributed by atoms with E-state index in [1.807, 2.05) is 18.2 Å². The lowest BCUT2D eigenvalue weighted by Gasteiger charge is -2.14. The second-order valence-electron chi connectivity index (χ2n) is 5.97. The smallest absolute Gasteiger partial charge is 0.416 e. The number of ether oxygens (including phenoxy) is 1. The molecule has 4 rings (SSSR count). The maximum Gasteiger partial charge on any atom is 0.416 e. The molecule has 1 aliphatic rings. The number of pyridine rings is 1. The number of nitrogens with zero attached hydrogens (tertiary/aromatic N) is 1. The molecule has 1 aliphatic heterocycles. The third-order valence-electron chi connectivity index (χ3n) is 4.47. The summed E-state index contributed by atoms with van der Waals surface area (Å²) in [5.74, 6) is 0.688. The molecule has 2 aromatic carbocycles. The lowest BCUT2D eigenvalue weighted by Crippen LogP contribution is -2.04. The molecule has 0 spiro atoms. The molecule has 0 bridgehead atoms. The first-order chi connectivity index (χ1) is 12.0. The van der Waals surface area contributed by atoms with Crippen molar-refractivity contribution in [2.45, 2.75) is 19.3 Å². The van der Waals surface area contributed by atoms with Crippen LogP contribution in [0.1, 0.15) is 16.8 Å². The molecule has 0 atom stereocenters. The van der Waals surface area contributed by atoms with Gasteiger partial charge in [0.05, 0.1) is 23.9 Å². The van der Waals surface area contributed by atoms with Crippen LogP contribution < -0.4 is 10.1 Å². The van der Waals surface area contributed by atoms with Crippen molar-refractivity contribution in [3.05, 3.63) is 59.3 Å². The lowest BCUT2D eigenvalue weighted by atomic mass is 9.94. The number of aromatic nitrogens is 1. The van der Waals surface area contributed by atoms with E-state index >= 15 is 0 Å². The van der Waals surface area contributed by atoms with Crippen molar-refractivity contribution in [3.63, 3.8) is 0 Å². The summed E-state index contributed by atoms with van der Waals surface area (Å²) >= 11 is 0. The minimum Gasteiger partial charge on any atom is -0.497 e. The molecule has 25 heavy (non-hydrogen) atoms. The zero-order valence-corrected chi connectivity index (χ0v) is 13.4. The van der Waals surface area contributed by atoms with E-state index in [1.165, 1.54) is 12.1 Å². The van der Waals surface area contributed by atoms with Gasteiger partial charge in [-0.15, -0.1) is 0 Å². The van der Waals surface area contributed by atoms with Crippen LogP contribution in [0.3, 0.4) is 0 Å². The van der Waals surface area contributed by atoms with Gasteiger partial charge in [-0.2, -0.15) is 13.2 Å². The SMILES string of the molecule is COc1ccc2nc3c(c(-c4ccc(C(F)(F)F)cc4)c2c1)CNC3. The summed E-state index contributed by atoms with van der Waals surface area (Å²) < 4.78 is 43.9. The van der Waals surface area contributed by atoms with Crippen molar-refractivity contribution < 1.29 is 17.9 Å². The van der Waals surface area contributed by atoms with Crippen molar-refractivity contribution in [3.8, 4) is 16.9 Å². The van der Waals surface area contributed by atoms with Crippen LogP contribution in [0.5, 0.6) is 5.75 Å². The normalized spacial score (nSPS) is 13.9. The first-order valence-corrected chi connectivity index (χ1v) is 7.85. The van der Waals surface area contributed by atoms with E-state index in [0.29, 0.717) is 18.8 Å². The third-order valence-corrected chi connectivity index (χ3v) is 4.47. The molecule has 2 heterocycles. The molecule has 0 saturated heterocycles. The second-order valence-corrected chi connectivity index (χ2v) is 5.97. The van der Waals surface area contributed by atoms with Crippen LogP contribution in [0.25, 0.3) is 22.0 Å². The number of benzene rings is 2. The van der Waals surface area contributed by atoms with Crippen molar-refractivity contribution in [2.75, 3.05) is 7.11 Å². The summed E-state index contributed by atoms with van der Waals surface area (Å²) in [4.78, 5) is 4.68. The fourth-order valence-electron chi connectivity index (χ4n) is 3.26. The number of methoxy groups -OCH3 is 1. The molecule has 6 heteroatoms. The number of rotatable bonds is 2. The summed E-state index contributed by atoms with van der Waals surface area (Å²) in [5, 5.41) is 4.14. The van der Waals surface area contributed by atoms with Crippen LogP contribution >= 0.6 is 0 Å². The van der Waals surface area contributed by atoms with E-state index in [4.69, 9.17) is 4.74 Å². The average molecular weight is 344 g/mol. The summed E-state index contributed by atoms with van der Waals surface area (Å²) in [6.07, 6.45) is -4.34. The second kappa shape index (κ2) is 5.74. The van der Waals surface area contributed by atoms with Crippen molar-refractivity contribution in [1.29, 1.82) is 0 Å². The minimum atomic E-state index is -4.34. The molecule has 128 valence electrons. The van der Waals surface area contributed by atoms with Crippen LogP contribution in [0.2, 0.25) is 0 Å². The van der Waals surface area contributed by atoms with Crippen molar-refractivity contribution >= 4 is 10.9 Å². The highest BCUT2D eigenvalue weighted by molar-refractivity contribution is 5.97. The first kappa shape index (κ1) is 15.9. The Morgan fingerprint density at radius 2 is 1.80 bits per heavy atom. The number of hydrogen-bond donors (Lipinski definition) is 1. The Kier molecular flexibility index (Phi) is 3.65. The van der Waals surface area contributed by atoms with E-state index in [2.05, 4.69) is 10.3 Å². The van der Waals surface area contributed by atoms with Crippen LogP contribution in [0, 0.1) is 0 Å². The van der Waals surface area contributed by atoms with Gasteiger partial charge in [0, 0.05) is 18.5 Å². The Hall–Kier alpha value is -2.60. The Labute approximate surface area is 142 Å². The van der Waals surface area contributed by atoms with E-state index < -0.39 is 11.7 Å². The predicted molar refractivity (Wildman–Crippen MR) is 89.3 cm³/mol. The van der Waals surface area contributed by atoms with E-state index in [9.17, 15) is 13.2 Å². The van der Waals surface area contributed by atoms with Gasteiger partial charge in [-0.1, -0.05) is 12.1 Å². The maximum atomic E-state index is 12.9. The highest BCUT2D eigenvalue weighted by Gasteiger charge is 2.30. The van der Waals surface area contributed by atoms with E-state index in [0.717, 1.165) is 45.4 Å². The zero-order chi connectivity index (χ0) is 17.6. The fraction of sp³-hybridized carbons (Fsp3) is 0.211. The van der Waals surface area contributed by atoms with Gasteiger partial charge in [0.2, 0.25) is 0 Å². The minimum absolute atomic E-state index is 0.645.